The number of likely N-dealkylation sites (tertiary alicyclic amines) is 1. The number of nitrogens with zero attached hydrogens (tertiary/aromatic N) is 2. The van der Waals surface area contributed by atoms with Crippen molar-refractivity contribution in [3.8, 4) is 0 Å². The summed E-state index contributed by atoms with van der Waals surface area (Å²) in [5.74, 6) is 0.187. The minimum absolute atomic E-state index is 0. The third kappa shape index (κ3) is 4.71. The van der Waals surface area contributed by atoms with E-state index in [0.717, 1.165) is 32.5 Å². The molecule has 0 aliphatic carbocycles. The molecule has 104 valence electrons. The van der Waals surface area contributed by atoms with E-state index in [1.165, 1.54) is 0 Å². The molecule has 5 nitrogen and oxygen atoms in total. The van der Waals surface area contributed by atoms with Crippen molar-refractivity contribution < 1.29 is 8.42 Å². The second-order valence-corrected chi connectivity index (χ2v) is 6.60. The van der Waals surface area contributed by atoms with Crippen LogP contribution < -0.4 is 5.73 Å². The Bertz CT molecular complexity index is 303. The quantitative estimate of drug-likeness (QED) is 0.779. The molecule has 0 aromatic carbocycles. The topological polar surface area (TPSA) is 66.6 Å². The Morgan fingerprint density at radius 3 is 2.29 bits per heavy atom. The van der Waals surface area contributed by atoms with Crippen LogP contribution in [0.2, 0.25) is 0 Å². The van der Waals surface area contributed by atoms with Gasteiger partial charge in [0, 0.05) is 26.2 Å². The molecule has 1 saturated heterocycles. The van der Waals surface area contributed by atoms with Crippen molar-refractivity contribution in [1.29, 1.82) is 0 Å². The van der Waals surface area contributed by atoms with E-state index in [1.807, 2.05) is 0 Å². The summed E-state index contributed by atoms with van der Waals surface area (Å²) in [5.41, 5.74) is 5.50. The molecule has 0 spiro atoms. The first kappa shape index (κ1) is 17.1. The van der Waals surface area contributed by atoms with E-state index in [-0.39, 0.29) is 24.2 Å². The molecule has 0 radical (unpaired) electrons. The molecule has 0 amide bonds. The average Bonchev–Trinajstić information content (AvgIpc) is 2.29. The maximum atomic E-state index is 11.7. The van der Waals surface area contributed by atoms with Gasteiger partial charge in [-0.15, -0.1) is 12.4 Å². The molecule has 1 fully saturated rings. The Labute approximate surface area is 111 Å². The number of hydrogen-bond acceptors (Lipinski definition) is 4. The fourth-order valence-corrected chi connectivity index (χ4v) is 3.19. The van der Waals surface area contributed by atoms with Gasteiger partial charge in [-0.2, -0.15) is 0 Å². The van der Waals surface area contributed by atoms with Crippen LogP contribution in [-0.4, -0.2) is 62.6 Å². The van der Waals surface area contributed by atoms with E-state index >= 15 is 0 Å². The lowest BCUT2D eigenvalue weighted by molar-refractivity contribution is 0.173. The molecule has 0 aromatic heterocycles. The van der Waals surface area contributed by atoms with Gasteiger partial charge in [-0.25, -0.2) is 12.7 Å². The highest BCUT2D eigenvalue weighted by atomic mass is 35.5. The van der Waals surface area contributed by atoms with Crippen LogP contribution in [0, 0.1) is 0 Å². The first-order chi connectivity index (χ1) is 7.51. The number of sulfonamides is 1. The number of nitrogens with two attached hydrogens (primary N) is 1. The van der Waals surface area contributed by atoms with Crippen molar-refractivity contribution >= 4 is 22.4 Å². The highest BCUT2D eigenvalue weighted by molar-refractivity contribution is 7.89. The second kappa shape index (κ2) is 7.53. The van der Waals surface area contributed by atoms with Gasteiger partial charge < -0.3 is 10.6 Å². The normalized spacial score (nSPS) is 19.3. The summed E-state index contributed by atoms with van der Waals surface area (Å²) in [5, 5.41) is 0. The summed E-state index contributed by atoms with van der Waals surface area (Å²) in [6.07, 6.45) is 1.82. The summed E-state index contributed by atoms with van der Waals surface area (Å²) in [6.45, 7) is 5.18. The van der Waals surface area contributed by atoms with Gasteiger partial charge in [-0.3, -0.25) is 0 Å². The molecule has 1 aliphatic heterocycles. The Hall–Kier alpha value is 0.120. The van der Waals surface area contributed by atoms with Crippen LogP contribution in [0.5, 0.6) is 0 Å². The maximum absolute atomic E-state index is 11.7. The fraction of sp³-hybridized carbons (Fsp3) is 1.00. The average molecular weight is 286 g/mol. The summed E-state index contributed by atoms with van der Waals surface area (Å²) < 4.78 is 24.9. The van der Waals surface area contributed by atoms with Gasteiger partial charge in [-0.05, 0) is 32.9 Å². The van der Waals surface area contributed by atoms with Crippen LogP contribution in [0.1, 0.15) is 19.8 Å². The SMILES string of the molecule is CCS(=O)(=O)N(C)C1CCN(CCN)CC1.Cl. The standard InChI is InChI=1S/C10H23N3O2S.ClH/c1-3-16(14,15)12(2)10-4-7-13(8-5-10)9-6-11;/h10H,3-9,11H2,1-2H3;1H. The van der Waals surface area contributed by atoms with Gasteiger partial charge in [0.15, 0.2) is 0 Å². The van der Waals surface area contributed by atoms with Gasteiger partial charge in [0.2, 0.25) is 10.0 Å². The first-order valence-electron chi connectivity index (χ1n) is 5.89. The van der Waals surface area contributed by atoms with E-state index in [0.29, 0.717) is 6.54 Å². The highest BCUT2D eigenvalue weighted by Gasteiger charge is 2.28. The zero-order chi connectivity index (χ0) is 12.2. The van der Waals surface area contributed by atoms with Crippen LogP contribution in [0.4, 0.5) is 0 Å². The van der Waals surface area contributed by atoms with Crippen LogP contribution >= 0.6 is 12.4 Å². The zero-order valence-corrected chi connectivity index (χ0v) is 12.3. The van der Waals surface area contributed by atoms with Crippen molar-refractivity contribution in [3.05, 3.63) is 0 Å². The number of hydrogen-bond donors (Lipinski definition) is 1. The number of piperidine rings is 1. The van der Waals surface area contributed by atoms with Gasteiger partial charge >= 0.3 is 0 Å². The van der Waals surface area contributed by atoms with Crippen molar-refractivity contribution in [2.24, 2.45) is 5.73 Å². The monoisotopic (exact) mass is 285 g/mol. The third-order valence-corrected chi connectivity index (χ3v) is 5.23. The van der Waals surface area contributed by atoms with Crippen LogP contribution in [0.25, 0.3) is 0 Å². The first-order valence-corrected chi connectivity index (χ1v) is 7.50. The largest absolute Gasteiger partial charge is 0.329 e. The Morgan fingerprint density at radius 2 is 1.88 bits per heavy atom. The molecule has 1 aliphatic rings. The molecular weight excluding hydrogens is 262 g/mol. The van der Waals surface area contributed by atoms with E-state index in [4.69, 9.17) is 5.73 Å². The van der Waals surface area contributed by atoms with E-state index < -0.39 is 10.0 Å². The van der Waals surface area contributed by atoms with Gasteiger partial charge in [0.05, 0.1) is 5.75 Å². The van der Waals surface area contributed by atoms with Crippen LogP contribution in [0.3, 0.4) is 0 Å². The summed E-state index contributed by atoms with van der Waals surface area (Å²) >= 11 is 0. The Morgan fingerprint density at radius 1 is 1.35 bits per heavy atom. The molecule has 0 atom stereocenters. The second-order valence-electron chi connectivity index (χ2n) is 4.28. The summed E-state index contributed by atoms with van der Waals surface area (Å²) in [4.78, 5) is 2.29. The molecule has 0 bridgehead atoms. The lowest BCUT2D eigenvalue weighted by Crippen LogP contribution is -2.46. The molecule has 0 aromatic rings. The third-order valence-electron chi connectivity index (χ3n) is 3.32. The predicted octanol–water partition coefficient (Wildman–Crippen LogP) is 0.113. The minimum atomic E-state index is -3.04. The van der Waals surface area contributed by atoms with Gasteiger partial charge in [-0.1, -0.05) is 0 Å². The van der Waals surface area contributed by atoms with Crippen molar-refractivity contribution in [1.82, 2.24) is 9.21 Å². The van der Waals surface area contributed by atoms with Gasteiger partial charge in [0.1, 0.15) is 0 Å². The zero-order valence-electron chi connectivity index (χ0n) is 10.6. The Kier molecular flexibility index (Phi) is 7.58. The summed E-state index contributed by atoms with van der Waals surface area (Å²) in [7, 11) is -1.34. The minimum Gasteiger partial charge on any atom is -0.329 e. The lowest BCUT2D eigenvalue weighted by Gasteiger charge is -2.35. The van der Waals surface area contributed by atoms with Crippen molar-refractivity contribution in [3.63, 3.8) is 0 Å². The van der Waals surface area contributed by atoms with E-state index in [9.17, 15) is 8.42 Å². The van der Waals surface area contributed by atoms with E-state index in [1.54, 1.807) is 18.3 Å². The van der Waals surface area contributed by atoms with Crippen LogP contribution in [0.15, 0.2) is 0 Å². The number of rotatable bonds is 5. The number of halogens is 1. The molecule has 1 rings (SSSR count). The molecule has 0 saturated carbocycles. The molecule has 17 heavy (non-hydrogen) atoms. The molecule has 1 heterocycles. The molecule has 0 unspecified atom stereocenters. The van der Waals surface area contributed by atoms with E-state index in [2.05, 4.69) is 4.90 Å². The fourth-order valence-electron chi connectivity index (χ4n) is 2.12. The Balaban J connectivity index is 0.00000256. The predicted molar refractivity (Wildman–Crippen MR) is 73.0 cm³/mol. The smallest absolute Gasteiger partial charge is 0.213 e. The van der Waals surface area contributed by atoms with Crippen LogP contribution in [-0.2, 0) is 10.0 Å². The van der Waals surface area contributed by atoms with Crippen molar-refractivity contribution in [2.45, 2.75) is 25.8 Å². The molecule has 2 N–H and O–H groups in total. The molecular formula is C10H24ClN3O2S. The highest BCUT2D eigenvalue weighted by Crippen LogP contribution is 2.17. The molecule has 7 heteroatoms. The lowest BCUT2D eigenvalue weighted by atomic mass is 10.1. The van der Waals surface area contributed by atoms with Gasteiger partial charge in [0.25, 0.3) is 0 Å². The maximum Gasteiger partial charge on any atom is 0.213 e. The van der Waals surface area contributed by atoms with Crippen molar-refractivity contribution in [2.75, 3.05) is 39.0 Å². The summed E-state index contributed by atoms with van der Waals surface area (Å²) in [6, 6.07) is 0.166.